The maximum atomic E-state index is 11.9. The van der Waals surface area contributed by atoms with E-state index in [9.17, 15) is 4.79 Å². The lowest BCUT2D eigenvalue weighted by Gasteiger charge is -2.30. The monoisotopic (exact) mass is 320 g/mol. The molecule has 3 heterocycles. The first-order valence-corrected chi connectivity index (χ1v) is 8.34. The molecule has 1 saturated heterocycles. The Morgan fingerprint density at radius 3 is 2.91 bits per heavy atom. The number of nitrogens with zero attached hydrogens (tertiary/aromatic N) is 3. The predicted molar refractivity (Wildman–Crippen MR) is 83.6 cm³/mol. The molecule has 1 amide bonds. The molecule has 0 atom stereocenters. The van der Waals surface area contributed by atoms with E-state index in [0.717, 1.165) is 41.7 Å². The van der Waals surface area contributed by atoms with Crippen molar-refractivity contribution < 1.29 is 9.21 Å². The van der Waals surface area contributed by atoms with Crippen molar-refractivity contribution in [3.63, 3.8) is 0 Å². The summed E-state index contributed by atoms with van der Waals surface area (Å²) in [4.78, 5) is 14.1. The van der Waals surface area contributed by atoms with Gasteiger partial charge in [0.25, 0.3) is 0 Å². The van der Waals surface area contributed by atoms with Crippen LogP contribution in [0.5, 0.6) is 0 Å². The van der Waals surface area contributed by atoms with Crippen LogP contribution in [0.3, 0.4) is 0 Å². The van der Waals surface area contributed by atoms with E-state index in [2.05, 4.69) is 20.4 Å². The molecular weight excluding hydrogens is 300 g/mol. The van der Waals surface area contributed by atoms with Gasteiger partial charge in [-0.3, -0.25) is 9.69 Å². The second-order valence-electron chi connectivity index (χ2n) is 5.57. The van der Waals surface area contributed by atoms with Gasteiger partial charge in [0, 0.05) is 5.92 Å². The van der Waals surface area contributed by atoms with E-state index in [4.69, 9.17) is 4.42 Å². The van der Waals surface area contributed by atoms with Crippen molar-refractivity contribution in [2.75, 3.05) is 19.6 Å². The van der Waals surface area contributed by atoms with Crippen molar-refractivity contribution in [1.82, 2.24) is 20.4 Å². The van der Waals surface area contributed by atoms with Crippen LogP contribution >= 0.6 is 11.3 Å². The number of carbonyl (C=O) groups excluding carboxylic acids is 1. The third kappa shape index (κ3) is 3.92. The highest BCUT2D eigenvalue weighted by Gasteiger charge is 2.24. The molecule has 7 heteroatoms. The topological polar surface area (TPSA) is 71.3 Å². The third-order valence-corrected chi connectivity index (χ3v) is 4.89. The summed E-state index contributed by atoms with van der Waals surface area (Å²) in [5.74, 6) is 1.31. The van der Waals surface area contributed by atoms with E-state index < -0.39 is 0 Å². The van der Waals surface area contributed by atoms with Crippen LogP contribution in [0.15, 0.2) is 22.8 Å². The highest BCUT2D eigenvalue weighted by molar-refractivity contribution is 7.11. The average Bonchev–Trinajstić information content (AvgIpc) is 3.17. The quantitative estimate of drug-likeness (QED) is 0.911. The molecule has 3 rings (SSSR count). The fourth-order valence-corrected chi connectivity index (χ4v) is 3.54. The summed E-state index contributed by atoms with van der Waals surface area (Å²) in [6, 6.07) is 3.68. The molecule has 0 spiro atoms. The summed E-state index contributed by atoms with van der Waals surface area (Å²) in [7, 11) is 0. The SMILES string of the molecule is Cc1nnc(C2CCN(CC(=O)NCc3ccco3)CC2)s1. The highest BCUT2D eigenvalue weighted by Crippen LogP contribution is 2.29. The molecule has 1 aliphatic heterocycles. The van der Waals surface area contributed by atoms with Crippen molar-refractivity contribution in [2.24, 2.45) is 0 Å². The zero-order chi connectivity index (χ0) is 15.4. The Kier molecular flexibility index (Phi) is 4.84. The van der Waals surface area contributed by atoms with E-state index in [0.29, 0.717) is 19.0 Å². The van der Waals surface area contributed by atoms with Gasteiger partial charge >= 0.3 is 0 Å². The first-order chi connectivity index (χ1) is 10.7. The number of piperidine rings is 1. The summed E-state index contributed by atoms with van der Waals surface area (Å²) in [6.07, 6.45) is 3.70. The van der Waals surface area contributed by atoms with Gasteiger partial charge in [0.1, 0.15) is 15.8 Å². The van der Waals surface area contributed by atoms with Crippen LogP contribution in [0.1, 0.15) is 34.5 Å². The molecule has 0 bridgehead atoms. The number of hydrogen-bond donors (Lipinski definition) is 1. The van der Waals surface area contributed by atoms with Gasteiger partial charge in [-0.2, -0.15) is 0 Å². The molecule has 0 aliphatic carbocycles. The van der Waals surface area contributed by atoms with Crippen LogP contribution in [0.4, 0.5) is 0 Å². The predicted octanol–water partition coefficient (Wildman–Crippen LogP) is 1.94. The van der Waals surface area contributed by atoms with Crippen molar-refractivity contribution >= 4 is 17.2 Å². The van der Waals surface area contributed by atoms with Gasteiger partial charge in [-0.15, -0.1) is 21.5 Å². The Morgan fingerprint density at radius 1 is 1.45 bits per heavy atom. The highest BCUT2D eigenvalue weighted by atomic mass is 32.1. The molecule has 6 nitrogen and oxygen atoms in total. The molecule has 1 fully saturated rings. The van der Waals surface area contributed by atoms with E-state index in [-0.39, 0.29) is 5.91 Å². The van der Waals surface area contributed by atoms with Gasteiger partial charge in [-0.25, -0.2) is 0 Å². The molecule has 2 aromatic heterocycles. The van der Waals surface area contributed by atoms with E-state index in [1.54, 1.807) is 17.6 Å². The second-order valence-corrected chi connectivity index (χ2v) is 6.78. The molecule has 0 unspecified atom stereocenters. The van der Waals surface area contributed by atoms with Crippen LogP contribution < -0.4 is 5.32 Å². The first-order valence-electron chi connectivity index (χ1n) is 7.52. The zero-order valence-corrected chi connectivity index (χ0v) is 13.4. The standard InChI is InChI=1S/C15H20N4O2S/c1-11-17-18-15(22-11)12-4-6-19(7-5-12)10-14(20)16-9-13-3-2-8-21-13/h2-3,8,12H,4-7,9-10H2,1H3,(H,16,20). The van der Waals surface area contributed by atoms with Crippen LogP contribution in [-0.4, -0.2) is 40.6 Å². The molecular formula is C15H20N4O2S. The van der Waals surface area contributed by atoms with E-state index in [1.807, 2.05) is 19.1 Å². The Labute approximate surface area is 133 Å². The Hall–Kier alpha value is -1.73. The Morgan fingerprint density at radius 2 is 2.27 bits per heavy atom. The smallest absolute Gasteiger partial charge is 0.234 e. The van der Waals surface area contributed by atoms with Crippen LogP contribution in [-0.2, 0) is 11.3 Å². The molecule has 22 heavy (non-hydrogen) atoms. The van der Waals surface area contributed by atoms with Crippen molar-refractivity contribution in [1.29, 1.82) is 0 Å². The van der Waals surface area contributed by atoms with E-state index in [1.165, 1.54) is 0 Å². The molecule has 0 aromatic carbocycles. The van der Waals surface area contributed by atoms with Gasteiger partial charge < -0.3 is 9.73 Å². The average molecular weight is 320 g/mol. The number of nitrogens with one attached hydrogen (secondary N) is 1. The maximum absolute atomic E-state index is 11.9. The Bertz CT molecular complexity index is 603. The molecule has 0 radical (unpaired) electrons. The van der Waals surface area contributed by atoms with E-state index >= 15 is 0 Å². The van der Waals surface area contributed by atoms with Crippen LogP contribution in [0, 0.1) is 6.92 Å². The summed E-state index contributed by atoms with van der Waals surface area (Å²) in [6.45, 7) is 4.74. The normalized spacial score (nSPS) is 16.8. The minimum absolute atomic E-state index is 0.0432. The van der Waals surface area contributed by atoms with Gasteiger partial charge in [0.2, 0.25) is 5.91 Å². The number of likely N-dealkylation sites (tertiary alicyclic amines) is 1. The number of furan rings is 1. The summed E-state index contributed by atoms with van der Waals surface area (Å²) in [5, 5.41) is 13.4. The number of hydrogen-bond acceptors (Lipinski definition) is 6. The first kappa shape index (κ1) is 15.2. The number of carbonyl (C=O) groups is 1. The fraction of sp³-hybridized carbons (Fsp3) is 0.533. The second kappa shape index (κ2) is 7.02. The lowest BCUT2D eigenvalue weighted by molar-refractivity contribution is -0.122. The van der Waals surface area contributed by atoms with Gasteiger partial charge in [0.05, 0.1) is 19.4 Å². The van der Waals surface area contributed by atoms with Crippen molar-refractivity contribution in [2.45, 2.75) is 32.2 Å². The Balaban J connectivity index is 1.40. The molecule has 0 saturated carbocycles. The zero-order valence-electron chi connectivity index (χ0n) is 12.6. The number of aryl methyl sites for hydroxylation is 1. The molecule has 1 N–H and O–H groups in total. The lowest BCUT2D eigenvalue weighted by atomic mass is 9.98. The third-order valence-electron chi connectivity index (χ3n) is 3.89. The molecule has 118 valence electrons. The number of aromatic nitrogens is 2. The van der Waals surface area contributed by atoms with Crippen LogP contribution in [0.25, 0.3) is 0 Å². The number of amides is 1. The van der Waals surface area contributed by atoms with Crippen molar-refractivity contribution in [3.8, 4) is 0 Å². The minimum Gasteiger partial charge on any atom is -0.467 e. The molecule has 1 aliphatic rings. The summed E-state index contributed by atoms with van der Waals surface area (Å²) in [5.41, 5.74) is 0. The van der Waals surface area contributed by atoms with Gasteiger partial charge in [-0.1, -0.05) is 0 Å². The molecule has 2 aromatic rings. The fourth-order valence-electron chi connectivity index (χ4n) is 2.67. The lowest BCUT2D eigenvalue weighted by Crippen LogP contribution is -2.40. The van der Waals surface area contributed by atoms with Crippen molar-refractivity contribution in [3.05, 3.63) is 34.2 Å². The summed E-state index contributed by atoms with van der Waals surface area (Å²) < 4.78 is 5.20. The maximum Gasteiger partial charge on any atom is 0.234 e. The van der Waals surface area contributed by atoms with Crippen LogP contribution in [0.2, 0.25) is 0 Å². The largest absolute Gasteiger partial charge is 0.467 e. The number of rotatable bonds is 5. The minimum atomic E-state index is 0.0432. The summed E-state index contributed by atoms with van der Waals surface area (Å²) >= 11 is 1.69. The van der Waals surface area contributed by atoms with Gasteiger partial charge in [0.15, 0.2) is 0 Å². The van der Waals surface area contributed by atoms with Gasteiger partial charge in [-0.05, 0) is 45.0 Å².